The second-order valence-electron chi connectivity index (χ2n) is 10.4. The first-order chi connectivity index (χ1) is 15.8. The number of aliphatic hydroxyl groups excluding tert-OH is 1. The maximum atomic E-state index is 12.0. The van der Waals surface area contributed by atoms with Crippen molar-refractivity contribution in [2.24, 2.45) is 0 Å². The van der Waals surface area contributed by atoms with Crippen molar-refractivity contribution in [2.75, 3.05) is 6.67 Å². The summed E-state index contributed by atoms with van der Waals surface area (Å²) in [6.45, 7) is 2.14. The van der Waals surface area contributed by atoms with Crippen molar-refractivity contribution < 1.29 is 9.50 Å². The number of unbranched alkanes of at least 4 members (excludes halogenated alkanes) is 23. The number of hydrogen-bond acceptors (Lipinski definition) is 1. The van der Waals surface area contributed by atoms with Gasteiger partial charge in [0.25, 0.3) is 0 Å². The van der Waals surface area contributed by atoms with Crippen LogP contribution in [0.15, 0.2) is 0 Å². The van der Waals surface area contributed by atoms with E-state index in [4.69, 9.17) is 0 Å². The van der Waals surface area contributed by atoms with Gasteiger partial charge in [0.2, 0.25) is 0 Å². The zero-order valence-electron chi connectivity index (χ0n) is 22.2. The highest BCUT2D eigenvalue weighted by atomic mass is 19.1. The van der Waals surface area contributed by atoms with Gasteiger partial charge in [-0.15, -0.1) is 0 Å². The van der Waals surface area contributed by atoms with Gasteiger partial charge in [-0.1, -0.05) is 161 Å². The SMILES string of the molecule is CCCCCCCCCCC(O)CCCCCCCCCCCCCCCCCCCF. The number of hydrogen-bond donors (Lipinski definition) is 1. The molecule has 0 saturated carbocycles. The van der Waals surface area contributed by atoms with E-state index in [0.29, 0.717) is 0 Å². The molecule has 1 atom stereocenters. The fourth-order valence-electron chi connectivity index (χ4n) is 4.78. The minimum absolute atomic E-state index is 0.0449. The van der Waals surface area contributed by atoms with E-state index < -0.39 is 0 Å². The molecule has 0 aliphatic carbocycles. The van der Waals surface area contributed by atoms with E-state index >= 15 is 0 Å². The molecular weight excluding hydrogens is 395 g/mol. The first kappa shape index (κ1) is 31.9. The van der Waals surface area contributed by atoms with Gasteiger partial charge in [0.1, 0.15) is 0 Å². The normalized spacial score (nSPS) is 12.5. The first-order valence-corrected chi connectivity index (χ1v) is 15.0. The van der Waals surface area contributed by atoms with E-state index in [2.05, 4.69) is 6.92 Å². The molecule has 0 aliphatic rings. The Morgan fingerprint density at radius 1 is 0.406 bits per heavy atom. The van der Waals surface area contributed by atoms with Crippen LogP contribution in [0.2, 0.25) is 0 Å². The molecule has 0 heterocycles. The molecular formula is C30H61FO. The molecule has 0 aliphatic heterocycles. The van der Waals surface area contributed by atoms with Crippen molar-refractivity contribution in [3.63, 3.8) is 0 Å². The maximum absolute atomic E-state index is 12.0. The summed E-state index contributed by atoms with van der Waals surface area (Å²) < 4.78 is 12.0. The molecule has 0 fully saturated rings. The number of rotatable bonds is 28. The Labute approximate surface area is 202 Å². The average Bonchev–Trinajstić information content (AvgIpc) is 2.80. The molecule has 32 heavy (non-hydrogen) atoms. The Morgan fingerprint density at radius 3 is 0.938 bits per heavy atom. The molecule has 0 aromatic rings. The van der Waals surface area contributed by atoms with Crippen molar-refractivity contribution in [3.05, 3.63) is 0 Å². The van der Waals surface area contributed by atoms with Crippen molar-refractivity contribution in [1.82, 2.24) is 0 Å². The van der Waals surface area contributed by atoms with Gasteiger partial charge < -0.3 is 5.11 Å². The Kier molecular flexibility index (Phi) is 28.8. The van der Waals surface area contributed by atoms with Gasteiger partial charge >= 0.3 is 0 Å². The lowest BCUT2D eigenvalue weighted by molar-refractivity contribution is 0.147. The average molecular weight is 457 g/mol. The van der Waals surface area contributed by atoms with Crippen LogP contribution < -0.4 is 0 Å². The van der Waals surface area contributed by atoms with Gasteiger partial charge in [-0.25, -0.2) is 0 Å². The van der Waals surface area contributed by atoms with Crippen LogP contribution in [0.3, 0.4) is 0 Å². The summed E-state index contributed by atoms with van der Waals surface area (Å²) in [5.74, 6) is 0. The summed E-state index contributed by atoms with van der Waals surface area (Å²) in [6.07, 6.45) is 35.1. The fraction of sp³-hybridized carbons (Fsp3) is 1.00. The maximum Gasteiger partial charge on any atom is 0.0894 e. The molecule has 2 heteroatoms. The molecule has 0 spiro atoms. The summed E-state index contributed by atoms with van der Waals surface area (Å²) in [5.41, 5.74) is 0. The van der Waals surface area contributed by atoms with Crippen LogP contribution in [0.5, 0.6) is 0 Å². The highest BCUT2D eigenvalue weighted by molar-refractivity contribution is 4.58. The molecule has 0 radical (unpaired) electrons. The molecule has 0 saturated heterocycles. The Morgan fingerprint density at radius 2 is 0.656 bits per heavy atom. The molecule has 1 unspecified atom stereocenters. The molecule has 1 N–H and O–H groups in total. The van der Waals surface area contributed by atoms with E-state index in [1.165, 1.54) is 148 Å². The van der Waals surface area contributed by atoms with Gasteiger partial charge in [-0.2, -0.15) is 0 Å². The Balaban J connectivity index is 3.10. The Bertz CT molecular complexity index is 320. The van der Waals surface area contributed by atoms with Crippen LogP contribution in [-0.4, -0.2) is 17.9 Å². The molecule has 194 valence electrons. The third-order valence-corrected chi connectivity index (χ3v) is 7.06. The van der Waals surface area contributed by atoms with E-state index in [1.54, 1.807) is 0 Å². The summed E-state index contributed by atoms with van der Waals surface area (Å²) in [5, 5.41) is 10.1. The predicted octanol–water partition coefficient (Wildman–Crippen LogP) is 10.9. The number of alkyl halides is 1. The zero-order chi connectivity index (χ0) is 23.4. The second-order valence-corrected chi connectivity index (χ2v) is 10.4. The van der Waals surface area contributed by atoms with E-state index in [0.717, 1.165) is 25.7 Å². The second kappa shape index (κ2) is 28.9. The zero-order valence-corrected chi connectivity index (χ0v) is 22.2. The summed E-state index contributed by atoms with van der Waals surface area (Å²) in [6, 6.07) is 0. The van der Waals surface area contributed by atoms with Crippen LogP contribution in [0.1, 0.15) is 180 Å². The van der Waals surface area contributed by atoms with Gasteiger partial charge in [0.15, 0.2) is 0 Å². The summed E-state index contributed by atoms with van der Waals surface area (Å²) in [7, 11) is 0. The lowest BCUT2D eigenvalue weighted by atomic mass is 10.0. The van der Waals surface area contributed by atoms with Crippen LogP contribution in [-0.2, 0) is 0 Å². The molecule has 0 amide bonds. The summed E-state index contributed by atoms with van der Waals surface area (Å²) >= 11 is 0. The van der Waals surface area contributed by atoms with Gasteiger partial charge in [-0.05, 0) is 19.3 Å². The molecule has 0 aromatic heterocycles. The standard InChI is InChI=1S/C30H61FO/c1-2-3-4-5-6-18-21-24-27-30(32)28-25-22-19-16-14-12-10-8-7-9-11-13-15-17-20-23-26-29-31/h30,32H,2-29H2,1H3. The van der Waals surface area contributed by atoms with Crippen LogP contribution in [0, 0.1) is 0 Å². The fourth-order valence-corrected chi connectivity index (χ4v) is 4.78. The van der Waals surface area contributed by atoms with Crippen molar-refractivity contribution >= 4 is 0 Å². The third-order valence-electron chi connectivity index (χ3n) is 7.06. The molecule has 0 aromatic carbocycles. The number of aliphatic hydroxyl groups is 1. The largest absolute Gasteiger partial charge is 0.393 e. The monoisotopic (exact) mass is 456 g/mol. The minimum Gasteiger partial charge on any atom is -0.393 e. The summed E-state index contributed by atoms with van der Waals surface area (Å²) in [4.78, 5) is 0. The number of halogens is 1. The van der Waals surface area contributed by atoms with E-state index in [1.807, 2.05) is 0 Å². The van der Waals surface area contributed by atoms with E-state index in [9.17, 15) is 9.50 Å². The predicted molar refractivity (Wildman–Crippen MR) is 142 cm³/mol. The van der Waals surface area contributed by atoms with Crippen molar-refractivity contribution in [2.45, 2.75) is 186 Å². The smallest absolute Gasteiger partial charge is 0.0894 e. The van der Waals surface area contributed by atoms with Crippen LogP contribution >= 0.6 is 0 Å². The minimum atomic E-state index is -0.135. The van der Waals surface area contributed by atoms with Crippen LogP contribution in [0.25, 0.3) is 0 Å². The van der Waals surface area contributed by atoms with Gasteiger partial charge in [0, 0.05) is 0 Å². The lowest BCUT2D eigenvalue weighted by Gasteiger charge is -2.10. The Hall–Kier alpha value is -0.110. The molecule has 1 nitrogen and oxygen atoms in total. The third kappa shape index (κ3) is 27.9. The van der Waals surface area contributed by atoms with Crippen molar-refractivity contribution in [1.29, 1.82) is 0 Å². The van der Waals surface area contributed by atoms with E-state index in [-0.39, 0.29) is 12.8 Å². The van der Waals surface area contributed by atoms with Crippen LogP contribution in [0.4, 0.5) is 4.39 Å². The highest BCUT2D eigenvalue weighted by Gasteiger charge is 2.03. The first-order valence-electron chi connectivity index (χ1n) is 15.0. The molecule has 0 rings (SSSR count). The van der Waals surface area contributed by atoms with Gasteiger partial charge in [0.05, 0.1) is 12.8 Å². The topological polar surface area (TPSA) is 20.2 Å². The lowest BCUT2D eigenvalue weighted by Crippen LogP contribution is -2.05. The quantitative estimate of drug-likeness (QED) is 0.116. The molecule has 0 bridgehead atoms. The highest BCUT2D eigenvalue weighted by Crippen LogP contribution is 2.16. The van der Waals surface area contributed by atoms with Crippen molar-refractivity contribution in [3.8, 4) is 0 Å². The van der Waals surface area contributed by atoms with Gasteiger partial charge in [-0.3, -0.25) is 4.39 Å².